The van der Waals surface area contributed by atoms with Crippen LogP contribution in [0.5, 0.6) is 5.75 Å². The third-order valence-electron chi connectivity index (χ3n) is 2.48. The molecule has 1 amide bonds. The summed E-state index contributed by atoms with van der Waals surface area (Å²) in [6.07, 6.45) is 0.253. The first-order valence-corrected chi connectivity index (χ1v) is 5.95. The molecule has 0 aliphatic heterocycles. The molecule has 1 atom stereocenters. The second kappa shape index (κ2) is 6.63. The van der Waals surface area contributed by atoms with Crippen molar-refractivity contribution in [3.05, 3.63) is 23.8 Å². The zero-order chi connectivity index (χ0) is 14.4. The summed E-state index contributed by atoms with van der Waals surface area (Å²) in [6.45, 7) is 3.27. The summed E-state index contributed by atoms with van der Waals surface area (Å²) in [6, 6.07) is 3.88. The van der Waals surface area contributed by atoms with E-state index in [1.807, 2.05) is 0 Å². The molecule has 19 heavy (non-hydrogen) atoms. The van der Waals surface area contributed by atoms with Crippen LogP contribution in [0.15, 0.2) is 18.2 Å². The van der Waals surface area contributed by atoms with Crippen molar-refractivity contribution >= 4 is 17.6 Å². The first kappa shape index (κ1) is 14.8. The van der Waals surface area contributed by atoms with Crippen molar-refractivity contribution in [1.82, 2.24) is 5.32 Å². The zero-order valence-electron chi connectivity index (χ0n) is 11.0. The fraction of sp³-hybridized carbons (Fsp3) is 0.385. The van der Waals surface area contributed by atoms with E-state index >= 15 is 0 Å². The number of benzene rings is 1. The maximum atomic E-state index is 11.7. The number of carbonyl (C=O) groups is 2. The van der Waals surface area contributed by atoms with Crippen LogP contribution in [0, 0.1) is 0 Å². The maximum absolute atomic E-state index is 11.7. The number of amides is 1. The van der Waals surface area contributed by atoms with E-state index in [1.165, 1.54) is 13.0 Å². The Labute approximate surface area is 111 Å². The van der Waals surface area contributed by atoms with E-state index in [2.05, 4.69) is 5.32 Å². The lowest BCUT2D eigenvalue weighted by atomic mass is 10.0. The van der Waals surface area contributed by atoms with Crippen LogP contribution in [0.4, 0.5) is 5.69 Å². The number of rotatable bonds is 5. The van der Waals surface area contributed by atoms with Gasteiger partial charge in [0.2, 0.25) is 5.91 Å². The van der Waals surface area contributed by atoms with E-state index in [9.17, 15) is 14.7 Å². The Morgan fingerprint density at radius 3 is 2.68 bits per heavy atom. The molecule has 1 rings (SSSR count). The number of hydrogen-bond donors (Lipinski definition) is 3. The number of aromatic hydroxyl groups is 1. The fourth-order valence-electron chi connectivity index (χ4n) is 1.65. The number of anilines is 1. The molecule has 0 aliphatic rings. The number of phenolic OH excluding ortho intramolecular Hbond substituents is 1. The summed E-state index contributed by atoms with van der Waals surface area (Å²) in [7, 11) is 0. The molecule has 1 aromatic carbocycles. The standard InChI is InChI=1S/C13H18N2O4/c1-3-19-13(18)11(15-8(2)16)7-9-4-5-12(17)10(14)6-9/h4-6,11,17H,3,7,14H2,1-2H3,(H,15,16)/t11-/m0/s1. The van der Waals surface area contributed by atoms with Crippen molar-refractivity contribution in [2.75, 3.05) is 12.3 Å². The summed E-state index contributed by atoms with van der Waals surface area (Å²) in [5, 5.41) is 11.9. The van der Waals surface area contributed by atoms with Crippen molar-refractivity contribution < 1.29 is 19.4 Å². The van der Waals surface area contributed by atoms with Gasteiger partial charge < -0.3 is 20.9 Å². The molecule has 0 bridgehead atoms. The molecule has 0 aromatic heterocycles. The molecule has 6 nitrogen and oxygen atoms in total. The van der Waals surface area contributed by atoms with E-state index in [0.717, 1.165) is 5.56 Å². The van der Waals surface area contributed by atoms with Crippen molar-refractivity contribution in [3.63, 3.8) is 0 Å². The summed E-state index contributed by atoms with van der Waals surface area (Å²) in [4.78, 5) is 22.8. The summed E-state index contributed by atoms with van der Waals surface area (Å²) < 4.78 is 4.90. The highest BCUT2D eigenvalue weighted by Gasteiger charge is 2.21. The van der Waals surface area contributed by atoms with Gasteiger partial charge >= 0.3 is 5.97 Å². The van der Waals surface area contributed by atoms with Crippen LogP contribution in [0.2, 0.25) is 0 Å². The van der Waals surface area contributed by atoms with Gasteiger partial charge in [-0.25, -0.2) is 4.79 Å². The minimum atomic E-state index is -0.763. The monoisotopic (exact) mass is 266 g/mol. The Balaban J connectivity index is 2.83. The minimum absolute atomic E-state index is 0.0176. The fourth-order valence-corrected chi connectivity index (χ4v) is 1.65. The van der Waals surface area contributed by atoms with Crippen LogP contribution < -0.4 is 11.1 Å². The Morgan fingerprint density at radius 2 is 2.16 bits per heavy atom. The topological polar surface area (TPSA) is 102 Å². The molecule has 1 aromatic rings. The van der Waals surface area contributed by atoms with Gasteiger partial charge in [-0.1, -0.05) is 6.07 Å². The second-order valence-corrected chi connectivity index (χ2v) is 4.10. The third kappa shape index (κ3) is 4.50. The molecule has 0 radical (unpaired) electrons. The maximum Gasteiger partial charge on any atom is 0.328 e. The quantitative estimate of drug-likeness (QED) is 0.411. The van der Waals surface area contributed by atoms with Gasteiger partial charge in [-0.2, -0.15) is 0 Å². The number of ether oxygens (including phenoxy) is 1. The largest absolute Gasteiger partial charge is 0.506 e. The molecular weight excluding hydrogens is 248 g/mol. The lowest BCUT2D eigenvalue weighted by molar-refractivity contribution is -0.147. The number of carbonyl (C=O) groups excluding carboxylic acids is 2. The molecule has 0 spiro atoms. The van der Waals surface area contributed by atoms with E-state index in [-0.39, 0.29) is 30.4 Å². The molecular formula is C13H18N2O4. The first-order valence-electron chi connectivity index (χ1n) is 5.95. The zero-order valence-corrected chi connectivity index (χ0v) is 11.0. The SMILES string of the molecule is CCOC(=O)[C@H](Cc1ccc(O)c(N)c1)NC(C)=O. The van der Waals surface area contributed by atoms with E-state index in [1.54, 1.807) is 19.1 Å². The highest BCUT2D eigenvalue weighted by molar-refractivity contribution is 5.83. The van der Waals surface area contributed by atoms with Gasteiger partial charge in [0.05, 0.1) is 12.3 Å². The Bertz CT molecular complexity index is 474. The molecule has 0 heterocycles. The Hall–Kier alpha value is -2.24. The van der Waals surface area contributed by atoms with Crippen molar-refractivity contribution in [2.24, 2.45) is 0 Å². The van der Waals surface area contributed by atoms with Crippen LogP contribution in [-0.4, -0.2) is 29.6 Å². The lowest BCUT2D eigenvalue weighted by Crippen LogP contribution is -2.42. The van der Waals surface area contributed by atoms with E-state index < -0.39 is 12.0 Å². The van der Waals surface area contributed by atoms with Crippen LogP contribution in [-0.2, 0) is 20.7 Å². The molecule has 6 heteroatoms. The minimum Gasteiger partial charge on any atom is -0.506 e. The van der Waals surface area contributed by atoms with Gasteiger partial charge in [-0.3, -0.25) is 4.79 Å². The molecule has 0 unspecified atom stereocenters. The second-order valence-electron chi connectivity index (χ2n) is 4.10. The van der Waals surface area contributed by atoms with Crippen LogP contribution in [0.25, 0.3) is 0 Å². The average molecular weight is 266 g/mol. The highest BCUT2D eigenvalue weighted by atomic mass is 16.5. The number of hydrogen-bond acceptors (Lipinski definition) is 5. The van der Waals surface area contributed by atoms with Crippen LogP contribution in [0.1, 0.15) is 19.4 Å². The number of nitrogen functional groups attached to an aromatic ring is 1. The van der Waals surface area contributed by atoms with Crippen molar-refractivity contribution in [1.29, 1.82) is 0 Å². The van der Waals surface area contributed by atoms with Gasteiger partial charge in [0.25, 0.3) is 0 Å². The molecule has 0 saturated carbocycles. The van der Waals surface area contributed by atoms with Gasteiger partial charge in [0, 0.05) is 13.3 Å². The number of nitrogens with two attached hydrogens (primary N) is 1. The van der Waals surface area contributed by atoms with Crippen molar-refractivity contribution in [2.45, 2.75) is 26.3 Å². The lowest BCUT2D eigenvalue weighted by Gasteiger charge is -2.16. The average Bonchev–Trinajstić information content (AvgIpc) is 2.33. The normalized spacial score (nSPS) is 11.7. The van der Waals surface area contributed by atoms with E-state index in [4.69, 9.17) is 10.5 Å². The van der Waals surface area contributed by atoms with Crippen LogP contribution >= 0.6 is 0 Å². The summed E-state index contributed by atoms with van der Waals surface area (Å²) in [5.41, 5.74) is 6.53. The molecule has 104 valence electrons. The smallest absolute Gasteiger partial charge is 0.328 e. The van der Waals surface area contributed by atoms with Gasteiger partial charge in [-0.05, 0) is 24.6 Å². The highest BCUT2D eigenvalue weighted by Crippen LogP contribution is 2.21. The van der Waals surface area contributed by atoms with Gasteiger partial charge in [0.15, 0.2) is 0 Å². The number of nitrogens with one attached hydrogen (secondary N) is 1. The molecule has 0 fully saturated rings. The van der Waals surface area contributed by atoms with Gasteiger partial charge in [0.1, 0.15) is 11.8 Å². The Morgan fingerprint density at radius 1 is 1.47 bits per heavy atom. The predicted octanol–water partition coefficient (Wildman–Crippen LogP) is 0.585. The number of phenols is 1. The summed E-state index contributed by atoms with van der Waals surface area (Å²) >= 11 is 0. The first-order chi connectivity index (χ1) is 8.93. The molecule has 0 aliphatic carbocycles. The predicted molar refractivity (Wildman–Crippen MR) is 70.5 cm³/mol. The van der Waals surface area contributed by atoms with Crippen molar-refractivity contribution in [3.8, 4) is 5.75 Å². The third-order valence-corrected chi connectivity index (χ3v) is 2.48. The Kier molecular flexibility index (Phi) is 5.17. The van der Waals surface area contributed by atoms with Crippen LogP contribution in [0.3, 0.4) is 0 Å². The van der Waals surface area contributed by atoms with Gasteiger partial charge in [-0.15, -0.1) is 0 Å². The molecule has 0 saturated heterocycles. The summed E-state index contributed by atoms with van der Waals surface area (Å²) in [5.74, 6) is -0.829. The molecule has 4 N–H and O–H groups in total. The number of esters is 1. The van der Waals surface area contributed by atoms with E-state index in [0.29, 0.717) is 0 Å².